The van der Waals surface area contributed by atoms with Crippen LogP contribution in [0, 0.1) is 0 Å². The first-order valence-corrected chi connectivity index (χ1v) is 13.6. The standard InChI is InChI=1S/C30H33N7O4/c1-5-32-16-27(31-3)34-24-14-21(17-35(4)29(24)39)22-10-11-33-28(23(22)18-41-19(2)38)37-13-12-36-25-9-7-6-8-20(25)15-26(36)30(37)40/h5,10-11,14-17,34H,3,6-9,12-13,18H2,1-2,4H3/b27-16+,32-5?. The number of fused-ring (bicyclic) bond motifs is 3. The number of amides is 1. The molecular formula is C30H33N7O4. The normalized spacial score (nSPS) is 15.0. The van der Waals surface area contributed by atoms with Gasteiger partial charge in [0.25, 0.3) is 11.5 Å². The molecule has 0 fully saturated rings. The van der Waals surface area contributed by atoms with Gasteiger partial charge < -0.3 is 19.2 Å². The van der Waals surface area contributed by atoms with Crippen molar-refractivity contribution >= 4 is 36.3 Å². The fourth-order valence-electron chi connectivity index (χ4n) is 5.48. The molecule has 5 rings (SSSR count). The highest BCUT2D eigenvalue weighted by molar-refractivity contribution is 6.06. The van der Waals surface area contributed by atoms with Gasteiger partial charge in [-0.3, -0.25) is 24.3 Å². The van der Waals surface area contributed by atoms with Gasteiger partial charge in [-0.2, -0.15) is 0 Å². The zero-order chi connectivity index (χ0) is 29.1. The summed E-state index contributed by atoms with van der Waals surface area (Å²) in [6.45, 7) is 7.65. The Kier molecular flexibility index (Phi) is 7.95. The van der Waals surface area contributed by atoms with Crippen molar-refractivity contribution < 1.29 is 14.3 Å². The highest BCUT2D eigenvalue weighted by Crippen LogP contribution is 2.35. The second-order valence-electron chi connectivity index (χ2n) is 10.0. The van der Waals surface area contributed by atoms with E-state index in [-0.39, 0.29) is 23.8 Å². The number of ether oxygens (including phenoxy) is 1. The molecule has 0 radical (unpaired) electrons. The van der Waals surface area contributed by atoms with E-state index in [9.17, 15) is 14.4 Å². The van der Waals surface area contributed by atoms with Gasteiger partial charge in [0, 0.05) is 62.5 Å². The molecule has 1 amide bonds. The van der Waals surface area contributed by atoms with E-state index >= 15 is 0 Å². The zero-order valence-corrected chi connectivity index (χ0v) is 23.5. The molecule has 0 bridgehead atoms. The van der Waals surface area contributed by atoms with Gasteiger partial charge in [0.1, 0.15) is 29.6 Å². The highest BCUT2D eigenvalue weighted by Gasteiger charge is 2.32. The van der Waals surface area contributed by atoms with Crippen LogP contribution in [0.3, 0.4) is 0 Å². The van der Waals surface area contributed by atoms with E-state index in [1.807, 2.05) is 6.07 Å². The molecule has 0 spiro atoms. The SMILES string of the molecule is C=N/C(=C\N=CC)Nc1cc(-c2ccnc(N3CCn4c(cc5c4CCCC5)C3=O)c2COC(C)=O)cn(C)c1=O. The predicted octanol–water partition coefficient (Wildman–Crippen LogP) is 3.85. The lowest BCUT2D eigenvalue weighted by Gasteiger charge is -2.31. The van der Waals surface area contributed by atoms with Crippen molar-refractivity contribution in [2.24, 2.45) is 17.0 Å². The highest BCUT2D eigenvalue weighted by atomic mass is 16.5. The third-order valence-electron chi connectivity index (χ3n) is 7.40. The number of anilines is 2. The summed E-state index contributed by atoms with van der Waals surface area (Å²) >= 11 is 0. The van der Waals surface area contributed by atoms with Gasteiger partial charge >= 0.3 is 5.97 Å². The number of pyridine rings is 2. The Labute approximate surface area is 237 Å². The number of carbonyl (C=O) groups excluding carboxylic acids is 2. The molecule has 0 unspecified atom stereocenters. The fourth-order valence-corrected chi connectivity index (χ4v) is 5.48. The lowest BCUT2D eigenvalue weighted by molar-refractivity contribution is -0.142. The van der Waals surface area contributed by atoms with Gasteiger partial charge in [0.2, 0.25) is 0 Å². The first-order chi connectivity index (χ1) is 19.8. The summed E-state index contributed by atoms with van der Waals surface area (Å²) in [5, 5.41) is 2.99. The molecule has 3 aromatic heterocycles. The second kappa shape index (κ2) is 11.7. The van der Waals surface area contributed by atoms with E-state index in [2.05, 4.69) is 31.6 Å². The lowest BCUT2D eigenvalue weighted by Crippen LogP contribution is -2.41. The van der Waals surface area contributed by atoms with Crippen LogP contribution in [-0.4, -0.2) is 45.5 Å². The van der Waals surface area contributed by atoms with Gasteiger partial charge in [-0.1, -0.05) is 0 Å². The van der Waals surface area contributed by atoms with Crippen LogP contribution in [0.15, 0.2) is 57.4 Å². The molecule has 0 atom stereocenters. The van der Waals surface area contributed by atoms with Gasteiger partial charge in [-0.15, -0.1) is 0 Å². The molecular weight excluding hydrogens is 522 g/mol. The number of aryl methyl sites for hydroxylation is 2. The largest absolute Gasteiger partial charge is 0.461 e. The smallest absolute Gasteiger partial charge is 0.302 e. The van der Waals surface area contributed by atoms with Gasteiger partial charge in [0.15, 0.2) is 0 Å². The molecule has 4 heterocycles. The Morgan fingerprint density at radius 1 is 1.22 bits per heavy atom. The lowest BCUT2D eigenvalue weighted by atomic mass is 9.98. The zero-order valence-electron chi connectivity index (χ0n) is 23.5. The van der Waals surface area contributed by atoms with Crippen LogP contribution in [0.25, 0.3) is 11.1 Å². The van der Waals surface area contributed by atoms with Gasteiger partial charge in [-0.05, 0) is 68.7 Å². The predicted molar refractivity (Wildman–Crippen MR) is 159 cm³/mol. The maximum atomic E-state index is 13.8. The maximum absolute atomic E-state index is 13.8. The minimum atomic E-state index is -0.455. The minimum Gasteiger partial charge on any atom is -0.461 e. The Morgan fingerprint density at radius 2 is 2.02 bits per heavy atom. The first-order valence-electron chi connectivity index (χ1n) is 13.6. The summed E-state index contributed by atoms with van der Waals surface area (Å²) in [7, 11) is 1.64. The summed E-state index contributed by atoms with van der Waals surface area (Å²) < 4.78 is 9.04. The average molecular weight is 556 g/mol. The molecule has 212 valence electrons. The Bertz CT molecular complexity index is 1650. The van der Waals surface area contributed by atoms with Crippen LogP contribution in [-0.2, 0) is 42.6 Å². The van der Waals surface area contributed by atoms with Crippen LogP contribution in [0.4, 0.5) is 11.5 Å². The summed E-state index contributed by atoms with van der Waals surface area (Å²) in [5.41, 5.74) is 5.04. The summed E-state index contributed by atoms with van der Waals surface area (Å²) in [6, 6.07) is 5.49. The van der Waals surface area contributed by atoms with Crippen molar-refractivity contribution in [3.63, 3.8) is 0 Å². The number of nitrogens with one attached hydrogen (secondary N) is 1. The summed E-state index contributed by atoms with van der Waals surface area (Å²) in [4.78, 5) is 52.9. The van der Waals surface area contributed by atoms with Crippen LogP contribution >= 0.6 is 0 Å². The number of nitrogens with zero attached hydrogens (tertiary/aromatic N) is 6. The molecule has 1 N–H and O–H groups in total. The average Bonchev–Trinajstić information content (AvgIpc) is 3.36. The van der Waals surface area contributed by atoms with Crippen LogP contribution in [0.2, 0.25) is 0 Å². The fraction of sp³-hybridized carbons (Fsp3) is 0.333. The minimum absolute atomic E-state index is 0.0919. The van der Waals surface area contributed by atoms with Crippen molar-refractivity contribution in [1.29, 1.82) is 0 Å². The first kappa shape index (κ1) is 27.8. The number of hydrogen-bond donors (Lipinski definition) is 1. The van der Waals surface area contributed by atoms with Crippen molar-refractivity contribution in [1.82, 2.24) is 14.1 Å². The number of rotatable bonds is 8. The Hall–Kier alpha value is -4.80. The summed E-state index contributed by atoms with van der Waals surface area (Å²) in [5.74, 6) is 0.139. The number of aliphatic imine (C=N–C) groups is 2. The number of aromatic nitrogens is 3. The molecule has 11 nitrogen and oxygen atoms in total. The van der Waals surface area contributed by atoms with E-state index in [1.165, 1.54) is 28.9 Å². The molecule has 3 aromatic rings. The molecule has 1 aliphatic heterocycles. The molecule has 2 aliphatic rings. The van der Waals surface area contributed by atoms with Crippen molar-refractivity contribution in [2.45, 2.75) is 52.7 Å². The quantitative estimate of drug-likeness (QED) is 0.333. The molecule has 0 saturated heterocycles. The van der Waals surface area contributed by atoms with E-state index in [1.54, 1.807) is 49.6 Å². The van der Waals surface area contributed by atoms with E-state index in [0.717, 1.165) is 25.7 Å². The van der Waals surface area contributed by atoms with Crippen molar-refractivity contribution in [2.75, 3.05) is 16.8 Å². The van der Waals surface area contributed by atoms with Crippen molar-refractivity contribution in [3.8, 4) is 11.1 Å². The monoisotopic (exact) mass is 555 g/mol. The number of hydrogen-bond acceptors (Lipinski definition) is 8. The molecule has 0 saturated carbocycles. The Morgan fingerprint density at radius 3 is 2.78 bits per heavy atom. The number of esters is 1. The van der Waals surface area contributed by atoms with Gasteiger partial charge in [0.05, 0.1) is 6.20 Å². The second-order valence-corrected chi connectivity index (χ2v) is 10.0. The molecule has 11 heteroatoms. The molecule has 0 aromatic carbocycles. The topological polar surface area (TPSA) is 123 Å². The molecule has 1 aliphatic carbocycles. The molecule has 41 heavy (non-hydrogen) atoms. The van der Waals surface area contributed by atoms with E-state index < -0.39 is 5.97 Å². The maximum Gasteiger partial charge on any atom is 0.302 e. The van der Waals surface area contributed by atoms with E-state index in [4.69, 9.17) is 4.74 Å². The third-order valence-corrected chi connectivity index (χ3v) is 7.40. The summed E-state index contributed by atoms with van der Waals surface area (Å²) in [6.07, 6.45) is 10.6. The third kappa shape index (κ3) is 5.47. The van der Waals surface area contributed by atoms with Crippen LogP contribution in [0.1, 0.15) is 54.0 Å². The van der Waals surface area contributed by atoms with Crippen molar-refractivity contribution in [3.05, 3.63) is 75.5 Å². The Balaban J connectivity index is 1.59. The van der Waals surface area contributed by atoms with Gasteiger partial charge in [-0.25, -0.2) is 9.98 Å². The number of carbonyl (C=O) groups is 2. The van der Waals surface area contributed by atoms with Crippen LogP contribution < -0.4 is 15.8 Å². The van der Waals surface area contributed by atoms with E-state index in [0.29, 0.717) is 47.1 Å². The van der Waals surface area contributed by atoms with Crippen LogP contribution in [0.5, 0.6) is 0 Å².